The van der Waals surface area contributed by atoms with Gasteiger partial charge in [0.25, 0.3) is 0 Å². The van der Waals surface area contributed by atoms with E-state index >= 15 is 0 Å². The summed E-state index contributed by atoms with van der Waals surface area (Å²) in [6.45, 7) is 6.29. The molecule has 2 atom stereocenters. The SMILES string of the molecule is CC(C)[C@@H](NC[C@@H](O)c1ccccc1F)C(=O)N1CCOCC1. The number of nitrogens with one attached hydrogen (secondary N) is 1. The minimum Gasteiger partial charge on any atom is -0.387 e. The summed E-state index contributed by atoms with van der Waals surface area (Å²) in [5, 5.41) is 13.3. The van der Waals surface area contributed by atoms with Crippen molar-refractivity contribution >= 4 is 5.91 Å². The summed E-state index contributed by atoms with van der Waals surface area (Å²) in [5.41, 5.74) is 0.237. The first-order valence-corrected chi connectivity index (χ1v) is 8.03. The van der Waals surface area contributed by atoms with Crippen LogP contribution in [0.4, 0.5) is 4.39 Å². The molecule has 0 aromatic heterocycles. The van der Waals surface area contributed by atoms with Crippen LogP contribution in [-0.4, -0.2) is 54.8 Å². The van der Waals surface area contributed by atoms with Gasteiger partial charge in [0.15, 0.2) is 0 Å². The Morgan fingerprint density at radius 2 is 2.00 bits per heavy atom. The molecule has 2 N–H and O–H groups in total. The first-order chi connectivity index (χ1) is 11.0. The molecule has 23 heavy (non-hydrogen) atoms. The Bertz CT molecular complexity index is 518. The number of hydrogen-bond donors (Lipinski definition) is 2. The number of nitrogens with zero attached hydrogens (tertiary/aromatic N) is 1. The second-order valence-electron chi connectivity index (χ2n) is 6.10. The molecule has 0 saturated carbocycles. The number of rotatable bonds is 6. The van der Waals surface area contributed by atoms with Crippen molar-refractivity contribution < 1.29 is 19.0 Å². The van der Waals surface area contributed by atoms with Crippen LogP contribution in [0.15, 0.2) is 24.3 Å². The number of hydrogen-bond acceptors (Lipinski definition) is 4. The predicted molar refractivity (Wildman–Crippen MR) is 85.4 cm³/mol. The Hall–Kier alpha value is -1.50. The molecule has 1 heterocycles. The fraction of sp³-hybridized carbons (Fsp3) is 0.588. The lowest BCUT2D eigenvalue weighted by Gasteiger charge is -2.32. The van der Waals surface area contributed by atoms with Crippen molar-refractivity contribution in [1.29, 1.82) is 0 Å². The van der Waals surface area contributed by atoms with Crippen molar-refractivity contribution in [3.63, 3.8) is 0 Å². The maximum atomic E-state index is 13.7. The van der Waals surface area contributed by atoms with Gasteiger partial charge < -0.3 is 20.1 Å². The van der Waals surface area contributed by atoms with Crippen molar-refractivity contribution in [3.8, 4) is 0 Å². The number of benzene rings is 1. The van der Waals surface area contributed by atoms with Gasteiger partial charge in [0, 0.05) is 25.2 Å². The molecule has 1 aliphatic rings. The number of aliphatic hydroxyl groups excluding tert-OH is 1. The second-order valence-corrected chi connectivity index (χ2v) is 6.10. The van der Waals surface area contributed by atoms with Crippen molar-refractivity contribution in [2.24, 2.45) is 5.92 Å². The first-order valence-electron chi connectivity index (χ1n) is 8.03. The first kappa shape index (κ1) is 17.8. The van der Waals surface area contributed by atoms with Gasteiger partial charge in [-0.25, -0.2) is 4.39 Å². The van der Waals surface area contributed by atoms with E-state index in [0.29, 0.717) is 26.3 Å². The zero-order chi connectivity index (χ0) is 16.8. The normalized spacial score (nSPS) is 18.0. The predicted octanol–water partition coefficient (Wildman–Crippen LogP) is 1.33. The molecule has 1 aromatic rings. The summed E-state index contributed by atoms with van der Waals surface area (Å²) in [6.07, 6.45) is -0.991. The van der Waals surface area contributed by atoms with Crippen molar-refractivity contribution in [2.75, 3.05) is 32.8 Å². The third-order valence-corrected chi connectivity index (χ3v) is 4.05. The molecule has 6 heteroatoms. The average molecular weight is 324 g/mol. The Labute approximate surface area is 136 Å². The standard InChI is InChI=1S/C17H25FN2O3/c1-12(2)16(17(22)20-7-9-23-10-8-20)19-11-15(21)13-5-3-4-6-14(13)18/h3-6,12,15-16,19,21H,7-11H2,1-2H3/t15-,16-/m1/s1. The van der Waals surface area contributed by atoms with Gasteiger partial charge in [-0.3, -0.25) is 4.79 Å². The summed E-state index contributed by atoms with van der Waals surface area (Å²) in [6, 6.07) is 5.72. The van der Waals surface area contributed by atoms with Crippen LogP contribution >= 0.6 is 0 Å². The van der Waals surface area contributed by atoms with Crippen molar-refractivity contribution in [1.82, 2.24) is 10.2 Å². The molecule has 0 spiro atoms. The van der Waals surface area contributed by atoms with E-state index < -0.39 is 18.0 Å². The molecule has 2 rings (SSSR count). The average Bonchev–Trinajstić information content (AvgIpc) is 2.55. The summed E-state index contributed by atoms with van der Waals surface area (Å²) in [7, 11) is 0. The summed E-state index contributed by atoms with van der Waals surface area (Å²) >= 11 is 0. The van der Waals surface area contributed by atoms with E-state index in [-0.39, 0.29) is 23.9 Å². The molecule has 0 unspecified atom stereocenters. The molecule has 128 valence electrons. The highest BCUT2D eigenvalue weighted by atomic mass is 19.1. The third-order valence-electron chi connectivity index (χ3n) is 4.05. The smallest absolute Gasteiger partial charge is 0.240 e. The Morgan fingerprint density at radius 1 is 1.35 bits per heavy atom. The molecule has 0 aliphatic carbocycles. The van der Waals surface area contributed by atoms with E-state index in [9.17, 15) is 14.3 Å². The van der Waals surface area contributed by atoms with E-state index in [1.807, 2.05) is 13.8 Å². The minimum absolute atomic E-state index is 0.00373. The maximum absolute atomic E-state index is 13.7. The number of halogens is 1. The molecular weight excluding hydrogens is 299 g/mol. The highest BCUT2D eigenvalue weighted by molar-refractivity contribution is 5.82. The van der Waals surface area contributed by atoms with Crippen LogP contribution in [0.1, 0.15) is 25.5 Å². The van der Waals surface area contributed by atoms with Gasteiger partial charge in [-0.2, -0.15) is 0 Å². The molecule has 1 aliphatic heterocycles. The van der Waals surface area contributed by atoms with Crippen LogP contribution in [-0.2, 0) is 9.53 Å². The van der Waals surface area contributed by atoms with Gasteiger partial charge in [-0.15, -0.1) is 0 Å². The number of carbonyl (C=O) groups excluding carboxylic acids is 1. The number of amides is 1. The number of carbonyl (C=O) groups is 1. The van der Waals surface area contributed by atoms with Gasteiger partial charge in [0.2, 0.25) is 5.91 Å². The van der Waals surface area contributed by atoms with Crippen LogP contribution in [0.25, 0.3) is 0 Å². The molecule has 1 aromatic carbocycles. The van der Waals surface area contributed by atoms with E-state index in [1.165, 1.54) is 6.07 Å². The highest BCUT2D eigenvalue weighted by Crippen LogP contribution is 2.17. The lowest BCUT2D eigenvalue weighted by atomic mass is 10.0. The monoisotopic (exact) mass is 324 g/mol. The summed E-state index contributed by atoms with van der Waals surface area (Å²) in [4.78, 5) is 14.4. The fourth-order valence-corrected chi connectivity index (χ4v) is 2.68. The summed E-state index contributed by atoms with van der Waals surface area (Å²) < 4.78 is 19.0. The largest absolute Gasteiger partial charge is 0.387 e. The zero-order valence-electron chi connectivity index (χ0n) is 13.7. The molecule has 0 bridgehead atoms. The quantitative estimate of drug-likeness (QED) is 0.829. The van der Waals surface area contributed by atoms with E-state index in [0.717, 1.165) is 0 Å². The Morgan fingerprint density at radius 3 is 2.61 bits per heavy atom. The van der Waals surface area contributed by atoms with Crippen molar-refractivity contribution in [3.05, 3.63) is 35.6 Å². The van der Waals surface area contributed by atoms with Crippen molar-refractivity contribution in [2.45, 2.75) is 26.0 Å². The second kappa shape index (κ2) is 8.38. The molecule has 5 nitrogen and oxygen atoms in total. The van der Waals surface area contributed by atoms with Gasteiger partial charge >= 0.3 is 0 Å². The number of morpholine rings is 1. The van der Waals surface area contributed by atoms with Crippen LogP contribution in [0, 0.1) is 11.7 Å². The van der Waals surface area contributed by atoms with Gasteiger partial charge in [-0.1, -0.05) is 32.0 Å². The van der Waals surface area contributed by atoms with Crippen LogP contribution in [0.5, 0.6) is 0 Å². The highest BCUT2D eigenvalue weighted by Gasteiger charge is 2.28. The number of ether oxygens (including phenoxy) is 1. The third kappa shape index (κ3) is 4.73. The lowest BCUT2D eigenvalue weighted by molar-refractivity contribution is -0.138. The fourth-order valence-electron chi connectivity index (χ4n) is 2.68. The van der Waals surface area contributed by atoms with Crippen LogP contribution in [0.3, 0.4) is 0 Å². The lowest BCUT2D eigenvalue weighted by Crippen LogP contribution is -2.53. The van der Waals surface area contributed by atoms with Crippen LogP contribution < -0.4 is 5.32 Å². The Kier molecular flexibility index (Phi) is 6.50. The molecule has 1 saturated heterocycles. The zero-order valence-corrected chi connectivity index (χ0v) is 13.7. The van der Waals surface area contributed by atoms with E-state index in [1.54, 1.807) is 23.1 Å². The minimum atomic E-state index is -0.991. The molecular formula is C17H25FN2O3. The Balaban J connectivity index is 1.96. The maximum Gasteiger partial charge on any atom is 0.240 e. The topological polar surface area (TPSA) is 61.8 Å². The number of aliphatic hydroxyl groups is 1. The van der Waals surface area contributed by atoms with Crippen LogP contribution in [0.2, 0.25) is 0 Å². The summed E-state index contributed by atoms with van der Waals surface area (Å²) in [5.74, 6) is -0.371. The molecule has 0 radical (unpaired) electrons. The van der Waals surface area contributed by atoms with E-state index in [2.05, 4.69) is 5.32 Å². The van der Waals surface area contributed by atoms with E-state index in [4.69, 9.17) is 4.74 Å². The van der Waals surface area contributed by atoms with Gasteiger partial charge in [0.05, 0.1) is 25.4 Å². The van der Waals surface area contributed by atoms with Gasteiger partial charge in [0.1, 0.15) is 5.82 Å². The molecule has 1 amide bonds. The van der Waals surface area contributed by atoms with Gasteiger partial charge in [-0.05, 0) is 12.0 Å². The molecule has 1 fully saturated rings.